The predicted octanol–water partition coefficient (Wildman–Crippen LogP) is 3.44. The summed E-state index contributed by atoms with van der Waals surface area (Å²) < 4.78 is 1.08. The summed E-state index contributed by atoms with van der Waals surface area (Å²) in [5, 5.41) is 3.68. The van der Waals surface area contributed by atoms with Gasteiger partial charge in [-0.2, -0.15) is 0 Å². The minimum atomic E-state index is 0.0381. The number of aromatic amines is 1. The zero-order chi connectivity index (χ0) is 13.8. The van der Waals surface area contributed by atoms with Gasteiger partial charge in [-0.3, -0.25) is 4.79 Å². The molecule has 1 aromatic heterocycles. The second-order valence-electron chi connectivity index (χ2n) is 5.74. The first-order valence-corrected chi connectivity index (χ1v) is 8.48. The minimum absolute atomic E-state index is 0.0381. The maximum absolute atomic E-state index is 11.3. The van der Waals surface area contributed by atoms with Crippen molar-refractivity contribution >= 4 is 21.6 Å². The smallest absolute Gasteiger partial charge is 0.305 e. The first-order chi connectivity index (χ1) is 9.81. The number of aryl methyl sites for hydroxylation is 1. The van der Waals surface area contributed by atoms with Gasteiger partial charge in [0.1, 0.15) is 0 Å². The number of H-pyrrole nitrogens is 1. The van der Waals surface area contributed by atoms with E-state index in [1.54, 1.807) is 0 Å². The van der Waals surface area contributed by atoms with Crippen molar-refractivity contribution in [3.8, 4) is 0 Å². The van der Waals surface area contributed by atoms with Gasteiger partial charge in [0.15, 0.2) is 0 Å². The molecule has 0 unspecified atom stereocenters. The van der Waals surface area contributed by atoms with Crippen LogP contribution in [0.3, 0.4) is 0 Å². The molecule has 0 atom stereocenters. The Morgan fingerprint density at radius 2 is 2.10 bits per heavy atom. The molecular weight excluding hydrogens is 268 g/mol. The lowest BCUT2D eigenvalue weighted by atomic mass is 9.95. The quantitative estimate of drug-likeness (QED) is 0.829. The molecule has 2 aromatic rings. The number of rotatable bonds is 5. The molecule has 3 rings (SSSR count). The van der Waals surface area contributed by atoms with Gasteiger partial charge in [0.05, 0.1) is 10.2 Å². The van der Waals surface area contributed by atoms with E-state index in [2.05, 4.69) is 22.4 Å². The van der Waals surface area contributed by atoms with Gasteiger partial charge >= 0.3 is 4.87 Å². The Hall–Kier alpha value is -1.13. The van der Waals surface area contributed by atoms with Crippen LogP contribution in [-0.4, -0.2) is 17.6 Å². The monoisotopic (exact) mass is 290 g/mol. The van der Waals surface area contributed by atoms with Gasteiger partial charge in [-0.15, -0.1) is 0 Å². The van der Waals surface area contributed by atoms with Crippen LogP contribution in [-0.2, 0) is 6.42 Å². The minimum Gasteiger partial charge on any atom is -0.314 e. The third kappa shape index (κ3) is 3.49. The average Bonchev–Trinajstić information content (AvgIpc) is 2.84. The summed E-state index contributed by atoms with van der Waals surface area (Å²) in [4.78, 5) is 14.2. The summed E-state index contributed by atoms with van der Waals surface area (Å²) in [7, 11) is 0. The molecule has 4 heteroatoms. The molecule has 1 aromatic carbocycles. The third-order valence-electron chi connectivity index (χ3n) is 4.17. The van der Waals surface area contributed by atoms with Crippen LogP contribution in [0.1, 0.15) is 44.1 Å². The Balaban J connectivity index is 1.48. The highest BCUT2D eigenvalue weighted by molar-refractivity contribution is 7.16. The molecule has 2 N–H and O–H groups in total. The van der Waals surface area contributed by atoms with Crippen molar-refractivity contribution in [1.29, 1.82) is 0 Å². The lowest BCUT2D eigenvalue weighted by Crippen LogP contribution is -2.31. The van der Waals surface area contributed by atoms with Crippen molar-refractivity contribution in [3.63, 3.8) is 0 Å². The summed E-state index contributed by atoms with van der Waals surface area (Å²) in [6.07, 6.45) is 9.15. The van der Waals surface area contributed by atoms with Crippen LogP contribution in [0, 0.1) is 0 Å². The van der Waals surface area contributed by atoms with Crippen LogP contribution in [0.5, 0.6) is 0 Å². The Morgan fingerprint density at radius 3 is 2.95 bits per heavy atom. The fraction of sp³-hybridized carbons (Fsp3) is 0.562. The Labute approximate surface area is 123 Å². The van der Waals surface area contributed by atoms with Crippen LogP contribution < -0.4 is 10.2 Å². The van der Waals surface area contributed by atoms with Gasteiger partial charge < -0.3 is 10.3 Å². The van der Waals surface area contributed by atoms with Crippen LogP contribution >= 0.6 is 11.3 Å². The third-order valence-corrected chi connectivity index (χ3v) is 5.01. The van der Waals surface area contributed by atoms with Gasteiger partial charge in [0.25, 0.3) is 0 Å². The van der Waals surface area contributed by atoms with Gasteiger partial charge in [0.2, 0.25) is 0 Å². The molecule has 1 aliphatic rings. The molecular formula is C16H22N2OS. The van der Waals surface area contributed by atoms with E-state index in [1.165, 1.54) is 55.4 Å². The van der Waals surface area contributed by atoms with Crippen molar-refractivity contribution in [3.05, 3.63) is 33.4 Å². The number of aromatic nitrogens is 1. The molecule has 0 radical (unpaired) electrons. The summed E-state index contributed by atoms with van der Waals surface area (Å²) in [6, 6.07) is 7.06. The molecule has 1 aliphatic carbocycles. The fourth-order valence-electron chi connectivity index (χ4n) is 3.05. The standard InChI is InChI=1S/C16H22N2OS/c19-16-18-14-9-8-12(11-15(14)20-16)5-4-10-17-13-6-2-1-3-7-13/h8-9,11,13,17H,1-7,10H2,(H,18,19). The maximum Gasteiger partial charge on any atom is 0.305 e. The van der Waals surface area contributed by atoms with E-state index in [1.807, 2.05) is 6.07 Å². The van der Waals surface area contributed by atoms with Gasteiger partial charge in [0, 0.05) is 6.04 Å². The molecule has 1 fully saturated rings. The predicted molar refractivity (Wildman–Crippen MR) is 85.6 cm³/mol. The average molecular weight is 290 g/mol. The second kappa shape index (κ2) is 6.55. The number of fused-ring (bicyclic) bond motifs is 1. The van der Waals surface area contributed by atoms with E-state index in [0.717, 1.165) is 29.2 Å². The van der Waals surface area contributed by atoms with Gasteiger partial charge in [-0.25, -0.2) is 0 Å². The van der Waals surface area contributed by atoms with E-state index >= 15 is 0 Å². The van der Waals surface area contributed by atoms with Crippen molar-refractivity contribution in [2.45, 2.75) is 51.0 Å². The van der Waals surface area contributed by atoms with Crippen LogP contribution in [0.25, 0.3) is 10.2 Å². The zero-order valence-corrected chi connectivity index (χ0v) is 12.6. The molecule has 0 bridgehead atoms. The maximum atomic E-state index is 11.3. The molecule has 0 aliphatic heterocycles. The van der Waals surface area contributed by atoms with Crippen molar-refractivity contribution in [2.75, 3.05) is 6.54 Å². The Kier molecular flexibility index (Phi) is 4.53. The number of thiazole rings is 1. The molecule has 0 saturated heterocycles. The number of hydrogen-bond acceptors (Lipinski definition) is 3. The van der Waals surface area contributed by atoms with Crippen molar-refractivity contribution in [1.82, 2.24) is 10.3 Å². The van der Waals surface area contributed by atoms with E-state index in [0.29, 0.717) is 0 Å². The first-order valence-electron chi connectivity index (χ1n) is 7.66. The molecule has 0 amide bonds. The lowest BCUT2D eigenvalue weighted by molar-refractivity contribution is 0.372. The lowest BCUT2D eigenvalue weighted by Gasteiger charge is -2.22. The van der Waals surface area contributed by atoms with E-state index in [9.17, 15) is 4.79 Å². The highest BCUT2D eigenvalue weighted by Gasteiger charge is 2.11. The highest BCUT2D eigenvalue weighted by Crippen LogP contribution is 2.18. The van der Waals surface area contributed by atoms with Crippen LogP contribution in [0.4, 0.5) is 0 Å². The summed E-state index contributed by atoms with van der Waals surface area (Å²) in [5.41, 5.74) is 2.29. The summed E-state index contributed by atoms with van der Waals surface area (Å²) >= 11 is 1.30. The zero-order valence-electron chi connectivity index (χ0n) is 11.8. The first kappa shape index (κ1) is 13.8. The molecule has 3 nitrogen and oxygen atoms in total. The summed E-state index contributed by atoms with van der Waals surface area (Å²) in [6.45, 7) is 1.10. The molecule has 108 valence electrons. The van der Waals surface area contributed by atoms with Crippen LogP contribution in [0.15, 0.2) is 23.0 Å². The van der Waals surface area contributed by atoms with Gasteiger partial charge in [-0.1, -0.05) is 36.7 Å². The largest absolute Gasteiger partial charge is 0.314 e. The van der Waals surface area contributed by atoms with Crippen LogP contribution in [0.2, 0.25) is 0 Å². The number of nitrogens with one attached hydrogen (secondary N) is 2. The van der Waals surface area contributed by atoms with E-state index in [4.69, 9.17) is 0 Å². The number of benzene rings is 1. The summed E-state index contributed by atoms with van der Waals surface area (Å²) in [5.74, 6) is 0. The van der Waals surface area contributed by atoms with E-state index in [-0.39, 0.29) is 4.87 Å². The normalized spacial score (nSPS) is 16.8. The molecule has 1 heterocycles. The van der Waals surface area contributed by atoms with Crippen molar-refractivity contribution < 1.29 is 0 Å². The van der Waals surface area contributed by atoms with Gasteiger partial charge in [-0.05, 0) is 49.9 Å². The molecule has 0 spiro atoms. The van der Waals surface area contributed by atoms with E-state index < -0.39 is 0 Å². The van der Waals surface area contributed by atoms with Crippen molar-refractivity contribution in [2.24, 2.45) is 0 Å². The second-order valence-corrected chi connectivity index (χ2v) is 6.75. The highest BCUT2D eigenvalue weighted by atomic mass is 32.1. The molecule has 1 saturated carbocycles. The Bertz CT molecular complexity index is 610. The molecule has 20 heavy (non-hydrogen) atoms. The topological polar surface area (TPSA) is 44.9 Å². The number of hydrogen-bond donors (Lipinski definition) is 2. The fourth-order valence-corrected chi connectivity index (χ4v) is 3.85. The Morgan fingerprint density at radius 1 is 1.25 bits per heavy atom. The SMILES string of the molecule is O=c1[nH]c2ccc(CCCNC3CCCCC3)cc2s1.